The number of benzene rings is 2. The Morgan fingerprint density at radius 2 is 1.85 bits per heavy atom. The first-order chi connectivity index (χ1) is 9.65. The van der Waals surface area contributed by atoms with Gasteiger partial charge in [-0.05, 0) is 36.4 Å². The molecule has 0 spiro atoms. The lowest BCUT2D eigenvalue weighted by molar-refractivity contribution is 0.0990. The SMILES string of the molecule is Cn1c(CC(=O)c2ccc(Cl)cc2)nc2ccccc21. The molecule has 0 saturated heterocycles. The van der Waals surface area contributed by atoms with Crippen molar-refractivity contribution in [2.45, 2.75) is 6.42 Å². The number of carbonyl (C=O) groups is 1. The summed E-state index contributed by atoms with van der Waals surface area (Å²) >= 11 is 5.83. The Hall–Kier alpha value is -2.13. The Bertz CT molecular complexity index is 775. The first-order valence-corrected chi connectivity index (χ1v) is 6.72. The molecule has 0 aliphatic heterocycles. The van der Waals surface area contributed by atoms with Gasteiger partial charge in [-0.2, -0.15) is 0 Å². The van der Waals surface area contributed by atoms with E-state index < -0.39 is 0 Å². The molecule has 20 heavy (non-hydrogen) atoms. The van der Waals surface area contributed by atoms with Crippen LogP contribution < -0.4 is 0 Å². The number of fused-ring (bicyclic) bond motifs is 1. The van der Waals surface area contributed by atoms with Gasteiger partial charge in [0.05, 0.1) is 17.5 Å². The number of hydrogen-bond donors (Lipinski definition) is 0. The van der Waals surface area contributed by atoms with Crippen LogP contribution in [0.4, 0.5) is 0 Å². The lowest BCUT2D eigenvalue weighted by Crippen LogP contribution is -2.08. The van der Waals surface area contributed by atoms with E-state index in [-0.39, 0.29) is 12.2 Å². The zero-order chi connectivity index (χ0) is 14.1. The van der Waals surface area contributed by atoms with Crippen LogP contribution in [0.3, 0.4) is 0 Å². The van der Waals surface area contributed by atoms with Crippen molar-refractivity contribution in [2.24, 2.45) is 7.05 Å². The highest BCUT2D eigenvalue weighted by Gasteiger charge is 2.13. The van der Waals surface area contributed by atoms with Crippen molar-refractivity contribution in [3.8, 4) is 0 Å². The molecule has 1 heterocycles. The van der Waals surface area contributed by atoms with Crippen molar-refractivity contribution in [3.05, 3.63) is 64.9 Å². The average Bonchev–Trinajstić information content (AvgIpc) is 2.77. The minimum absolute atomic E-state index is 0.0417. The maximum absolute atomic E-state index is 12.3. The standard InChI is InChI=1S/C16H13ClN2O/c1-19-14-5-3-2-4-13(14)18-16(19)10-15(20)11-6-8-12(17)9-7-11/h2-9H,10H2,1H3. The molecule has 0 aliphatic carbocycles. The van der Waals surface area contributed by atoms with Crippen LogP contribution in [-0.2, 0) is 13.5 Å². The molecule has 0 aliphatic rings. The minimum atomic E-state index is 0.0417. The maximum atomic E-state index is 12.3. The summed E-state index contributed by atoms with van der Waals surface area (Å²) in [6.07, 6.45) is 0.285. The van der Waals surface area contributed by atoms with Gasteiger partial charge in [-0.15, -0.1) is 0 Å². The summed E-state index contributed by atoms with van der Waals surface area (Å²) in [5, 5.41) is 0.629. The molecule has 4 heteroatoms. The molecule has 0 bridgehead atoms. The van der Waals surface area contributed by atoms with Gasteiger partial charge in [-0.3, -0.25) is 4.79 Å². The summed E-state index contributed by atoms with van der Waals surface area (Å²) in [5.74, 6) is 0.811. The lowest BCUT2D eigenvalue weighted by Gasteiger charge is -2.02. The van der Waals surface area contributed by atoms with Gasteiger partial charge in [0, 0.05) is 17.6 Å². The molecule has 3 rings (SSSR count). The quantitative estimate of drug-likeness (QED) is 0.688. The van der Waals surface area contributed by atoms with Gasteiger partial charge < -0.3 is 4.57 Å². The maximum Gasteiger partial charge on any atom is 0.170 e. The number of carbonyl (C=O) groups excluding carboxylic acids is 1. The molecule has 0 atom stereocenters. The summed E-state index contributed by atoms with van der Waals surface area (Å²) < 4.78 is 1.96. The van der Waals surface area contributed by atoms with E-state index in [1.807, 2.05) is 35.9 Å². The van der Waals surface area contributed by atoms with Gasteiger partial charge in [-0.25, -0.2) is 4.98 Å². The highest BCUT2D eigenvalue weighted by atomic mass is 35.5. The molecule has 0 amide bonds. The van der Waals surface area contributed by atoms with Crippen molar-refractivity contribution in [1.82, 2.24) is 9.55 Å². The summed E-state index contributed by atoms with van der Waals surface area (Å²) in [7, 11) is 1.93. The zero-order valence-electron chi connectivity index (χ0n) is 11.0. The number of para-hydroxylation sites is 2. The van der Waals surface area contributed by atoms with E-state index in [1.165, 1.54) is 0 Å². The van der Waals surface area contributed by atoms with Crippen LogP contribution in [0.1, 0.15) is 16.2 Å². The minimum Gasteiger partial charge on any atom is -0.331 e. The highest BCUT2D eigenvalue weighted by molar-refractivity contribution is 6.30. The lowest BCUT2D eigenvalue weighted by atomic mass is 10.1. The molecule has 0 fully saturated rings. The number of nitrogens with zero attached hydrogens (tertiary/aromatic N) is 2. The molecular formula is C16H13ClN2O. The zero-order valence-corrected chi connectivity index (χ0v) is 11.8. The van der Waals surface area contributed by atoms with Gasteiger partial charge in [0.15, 0.2) is 5.78 Å². The number of aryl methyl sites for hydroxylation is 1. The van der Waals surface area contributed by atoms with Crippen molar-refractivity contribution in [1.29, 1.82) is 0 Å². The van der Waals surface area contributed by atoms with E-state index in [9.17, 15) is 4.79 Å². The monoisotopic (exact) mass is 284 g/mol. The van der Waals surface area contributed by atoms with E-state index in [1.54, 1.807) is 24.3 Å². The molecule has 2 aromatic carbocycles. The third kappa shape index (κ3) is 2.32. The van der Waals surface area contributed by atoms with E-state index in [0.29, 0.717) is 10.6 Å². The van der Waals surface area contributed by atoms with Crippen LogP contribution in [0.2, 0.25) is 5.02 Å². The normalized spacial score (nSPS) is 10.9. The molecule has 0 saturated carbocycles. The summed E-state index contributed by atoms with van der Waals surface area (Å²) in [4.78, 5) is 16.8. The molecule has 3 aromatic rings. The number of halogens is 1. The number of hydrogen-bond acceptors (Lipinski definition) is 2. The highest BCUT2D eigenvalue weighted by Crippen LogP contribution is 2.16. The Labute approximate surface area is 121 Å². The fraction of sp³-hybridized carbons (Fsp3) is 0.125. The van der Waals surface area contributed by atoms with Crippen molar-refractivity contribution in [2.75, 3.05) is 0 Å². The topological polar surface area (TPSA) is 34.9 Å². The predicted octanol–water partition coefficient (Wildman–Crippen LogP) is 3.65. The first kappa shape index (κ1) is 12.9. The number of Topliss-reactive ketones (excluding diaryl/α,β-unsaturated/α-hetero) is 1. The second-order valence-corrected chi connectivity index (χ2v) is 5.12. The third-order valence-corrected chi connectivity index (χ3v) is 3.62. The fourth-order valence-electron chi connectivity index (χ4n) is 2.23. The van der Waals surface area contributed by atoms with Crippen molar-refractivity contribution < 1.29 is 4.79 Å². The van der Waals surface area contributed by atoms with Crippen LogP contribution in [0.5, 0.6) is 0 Å². The number of aromatic nitrogens is 2. The van der Waals surface area contributed by atoms with Crippen LogP contribution in [0.25, 0.3) is 11.0 Å². The Morgan fingerprint density at radius 1 is 1.15 bits per heavy atom. The number of imidazole rings is 1. The van der Waals surface area contributed by atoms with Crippen molar-refractivity contribution in [3.63, 3.8) is 0 Å². The molecule has 1 aromatic heterocycles. The molecule has 100 valence electrons. The van der Waals surface area contributed by atoms with E-state index >= 15 is 0 Å². The number of ketones is 1. The Morgan fingerprint density at radius 3 is 2.55 bits per heavy atom. The van der Waals surface area contributed by atoms with E-state index in [2.05, 4.69) is 4.98 Å². The fourth-order valence-corrected chi connectivity index (χ4v) is 2.36. The Kier molecular flexibility index (Phi) is 3.28. The number of rotatable bonds is 3. The van der Waals surface area contributed by atoms with Gasteiger partial charge >= 0.3 is 0 Å². The average molecular weight is 285 g/mol. The second-order valence-electron chi connectivity index (χ2n) is 4.68. The van der Waals surface area contributed by atoms with E-state index in [4.69, 9.17) is 11.6 Å². The van der Waals surface area contributed by atoms with E-state index in [0.717, 1.165) is 16.9 Å². The van der Waals surface area contributed by atoms with Gasteiger partial charge in [0.1, 0.15) is 5.82 Å². The molecule has 3 nitrogen and oxygen atoms in total. The first-order valence-electron chi connectivity index (χ1n) is 6.34. The predicted molar refractivity (Wildman–Crippen MR) is 80.2 cm³/mol. The summed E-state index contributed by atoms with van der Waals surface area (Å²) in [5.41, 5.74) is 2.60. The molecule has 0 N–H and O–H groups in total. The Balaban J connectivity index is 1.91. The van der Waals surface area contributed by atoms with Gasteiger partial charge in [0.25, 0.3) is 0 Å². The van der Waals surface area contributed by atoms with Crippen LogP contribution in [-0.4, -0.2) is 15.3 Å². The second kappa shape index (κ2) is 5.10. The van der Waals surface area contributed by atoms with Crippen LogP contribution >= 0.6 is 11.6 Å². The molecular weight excluding hydrogens is 272 g/mol. The third-order valence-electron chi connectivity index (χ3n) is 3.36. The van der Waals surface area contributed by atoms with Gasteiger partial charge in [0.2, 0.25) is 0 Å². The molecule has 0 unspecified atom stereocenters. The summed E-state index contributed by atoms with van der Waals surface area (Å²) in [6.45, 7) is 0. The van der Waals surface area contributed by atoms with Gasteiger partial charge in [-0.1, -0.05) is 23.7 Å². The van der Waals surface area contributed by atoms with Crippen LogP contribution in [0, 0.1) is 0 Å². The van der Waals surface area contributed by atoms with Crippen LogP contribution in [0.15, 0.2) is 48.5 Å². The summed E-state index contributed by atoms with van der Waals surface area (Å²) in [6, 6.07) is 14.8. The van der Waals surface area contributed by atoms with Crippen molar-refractivity contribution >= 4 is 28.4 Å². The largest absolute Gasteiger partial charge is 0.331 e. The molecule has 0 radical (unpaired) electrons. The smallest absolute Gasteiger partial charge is 0.170 e.